The van der Waals surface area contributed by atoms with Crippen LogP contribution in [0.25, 0.3) is 6.08 Å². The van der Waals surface area contributed by atoms with Gasteiger partial charge in [0.25, 0.3) is 5.91 Å². The average molecular weight is 312 g/mol. The van der Waals surface area contributed by atoms with Gasteiger partial charge in [-0.25, -0.2) is 0 Å². The van der Waals surface area contributed by atoms with E-state index in [-0.39, 0.29) is 5.91 Å². The number of carbonyl (C=O) groups is 1. The second-order valence-electron chi connectivity index (χ2n) is 5.10. The molecule has 1 aromatic heterocycles. The third-order valence-corrected chi connectivity index (χ3v) is 3.71. The molecule has 1 fully saturated rings. The summed E-state index contributed by atoms with van der Waals surface area (Å²) >= 11 is 5.30. The molecule has 22 heavy (non-hydrogen) atoms. The zero-order valence-electron chi connectivity index (χ0n) is 12.4. The van der Waals surface area contributed by atoms with Gasteiger partial charge in [-0.3, -0.25) is 14.4 Å². The van der Waals surface area contributed by atoms with Crippen molar-refractivity contribution in [2.75, 3.05) is 4.90 Å². The molecular weight excluding hydrogens is 296 g/mol. The van der Waals surface area contributed by atoms with Crippen LogP contribution >= 0.6 is 12.2 Å². The molecule has 0 saturated carbocycles. The Balaban J connectivity index is 1.91. The number of anilines is 1. The second-order valence-corrected chi connectivity index (χ2v) is 5.48. The van der Waals surface area contributed by atoms with Gasteiger partial charge in [-0.2, -0.15) is 5.10 Å². The van der Waals surface area contributed by atoms with Crippen LogP contribution in [0.3, 0.4) is 0 Å². The van der Waals surface area contributed by atoms with Crippen LogP contribution in [0.2, 0.25) is 0 Å². The number of amides is 1. The molecule has 112 valence electrons. The maximum Gasteiger partial charge on any atom is 0.281 e. The van der Waals surface area contributed by atoms with Gasteiger partial charge in [0.05, 0.1) is 11.9 Å². The number of hydrogen-bond donors (Lipinski definition) is 1. The third kappa shape index (κ3) is 2.65. The molecule has 1 aliphatic heterocycles. The first kappa shape index (κ1) is 14.5. The van der Waals surface area contributed by atoms with Gasteiger partial charge in [0.1, 0.15) is 5.70 Å². The highest BCUT2D eigenvalue weighted by Crippen LogP contribution is 2.23. The monoisotopic (exact) mass is 312 g/mol. The first-order valence-electron chi connectivity index (χ1n) is 7.04. The zero-order valence-corrected chi connectivity index (χ0v) is 13.2. The Morgan fingerprint density at radius 1 is 1.41 bits per heavy atom. The average Bonchev–Trinajstić information content (AvgIpc) is 3.04. The largest absolute Gasteiger partial charge is 0.327 e. The molecule has 5 nitrogen and oxygen atoms in total. The normalized spacial score (nSPS) is 16.5. The molecular formula is C16H16N4OS. The van der Waals surface area contributed by atoms with Crippen LogP contribution in [0.5, 0.6) is 0 Å². The second kappa shape index (κ2) is 5.73. The fraction of sp³-hybridized carbons (Fsp3) is 0.188. The van der Waals surface area contributed by atoms with Crippen LogP contribution < -0.4 is 10.2 Å². The van der Waals surface area contributed by atoms with E-state index in [4.69, 9.17) is 12.2 Å². The van der Waals surface area contributed by atoms with Crippen LogP contribution in [0.1, 0.15) is 18.1 Å². The van der Waals surface area contributed by atoms with E-state index in [9.17, 15) is 4.79 Å². The van der Waals surface area contributed by atoms with E-state index in [1.807, 2.05) is 49.0 Å². The van der Waals surface area contributed by atoms with Crippen molar-refractivity contribution in [1.29, 1.82) is 0 Å². The highest BCUT2D eigenvalue weighted by Gasteiger charge is 2.31. The maximum atomic E-state index is 12.6. The van der Waals surface area contributed by atoms with Crippen LogP contribution in [-0.2, 0) is 11.3 Å². The summed E-state index contributed by atoms with van der Waals surface area (Å²) in [7, 11) is 0. The third-order valence-electron chi connectivity index (χ3n) is 3.43. The Kier molecular flexibility index (Phi) is 3.77. The van der Waals surface area contributed by atoms with Gasteiger partial charge >= 0.3 is 0 Å². The van der Waals surface area contributed by atoms with Gasteiger partial charge in [-0.1, -0.05) is 12.1 Å². The van der Waals surface area contributed by atoms with E-state index < -0.39 is 0 Å². The molecule has 0 atom stereocenters. The summed E-state index contributed by atoms with van der Waals surface area (Å²) < 4.78 is 1.81. The lowest BCUT2D eigenvalue weighted by Gasteiger charge is -2.14. The fourth-order valence-corrected chi connectivity index (χ4v) is 2.63. The van der Waals surface area contributed by atoms with Crippen LogP contribution in [0, 0.1) is 6.92 Å². The van der Waals surface area contributed by atoms with Gasteiger partial charge in [0.2, 0.25) is 0 Å². The molecule has 0 aliphatic carbocycles. The van der Waals surface area contributed by atoms with Crippen molar-refractivity contribution in [3.8, 4) is 0 Å². The predicted octanol–water partition coefficient (Wildman–Crippen LogP) is 2.47. The molecule has 2 aromatic rings. The summed E-state index contributed by atoms with van der Waals surface area (Å²) in [6.45, 7) is 4.78. The van der Waals surface area contributed by atoms with E-state index in [0.717, 1.165) is 23.4 Å². The topological polar surface area (TPSA) is 50.2 Å². The summed E-state index contributed by atoms with van der Waals surface area (Å²) in [5, 5.41) is 7.57. The lowest BCUT2D eigenvalue weighted by Crippen LogP contribution is -2.30. The van der Waals surface area contributed by atoms with Crippen molar-refractivity contribution >= 4 is 35.0 Å². The number of nitrogens with zero attached hydrogens (tertiary/aromatic N) is 3. The van der Waals surface area contributed by atoms with Crippen molar-refractivity contribution in [1.82, 2.24) is 15.1 Å². The molecule has 6 heteroatoms. The predicted molar refractivity (Wildman–Crippen MR) is 90.3 cm³/mol. The SMILES string of the molecule is CCn1cc(/C=C2/NC(=S)N(c3cccc(C)c3)C2=O)cn1. The number of hydrogen-bond acceptors (Lipinski definition) is 3. The molecule has 1 N–H and O–H groups in total. The van der Waals surface area contributed by atoms with Crippen molar-refractivity contribution in [3.63, 3.8) is 0 Å². The zero-order chi connectivity index (χ0) is 15.7. The van der Waals surface area contributed by atoms with Crippen molar-refractivity contribution in [2.45, 2.75) is 20.4 Å². The fourth-order valence-electron chi connectivity index (χ4n) is 2.33. The quantitative estimate of drug-likeness (QED) is 0.699. The summed E-state index contributed by atoms with van der Waals surface area (Å²) in [5.41, 5.74) is 3.18. The molecule has 0 radical (unpaired) electrons. The van der Waals surface area contributed by atoms with Crippen molar-refractivity contribution in [2.24, 2.45) is 0 Å². The van der Waals surface area contributed by atoms with Gasteiger partial charge in [-0.05, 0) is 49.8 Å². The molecule has 0 spiro atoms. The Hall–Kier alpha value is -2.47. The number of aromatic nitrogens is 2. The van der Waals surface area contributed by atoms with Crippen molar-refractivity contribution in [3.05, 3.63) is 53.5 Å². The minimum absolute atomic E-state index is 0.153. The van der Waals surface area contributed by atoms with Gasteiger partial charge in [0.15, 0.2) is 5.11 Å². The van der Waals surface area contributed by atoms with Crippen LogP contribution in [0.15, 0.2) is 42.4 Å². The Morgan fingerprint density at radius 3 is 2.91 bits per heavy atom. The first-order valence-corrected chi connectivity index (χ1v) is 7.45. The first-order chi connectivity index (χ1) is 10.6. The van der Waals surface area contributed by atoms with Gasteiger partial charge in [-0.15, -0.1) is 0 Å². The van der Waals surface area contributed by atoms with Crippen molar-refractivity contribution < 1.29 is 4.79 Å². The van der Waals surface area contributed by atoms with E-state index in [1.54, 1.807) is 12.3 Å². The molecule has 1 aliphatic rings. The Labute approximate surface area is 134 Å². The van der Waals surface area contributed by atoms with Crippen LogP contribution in [-0.4, -0.2) is 20.8 Å². The minimum Gasteiger partial charge on any atom is -0.327 e. The highest BCUT2D eigenvalue weighted by molar-refractivity contribution is 7.80. The summed E-state index contributed by atoms with van der Waals surface area (Å²) in [5.74, 6) is -0.153. The molecule has 1 saturated heterocycles. The number of rotatable bonds is 3. The van der Waals surface area contributed by atoms with Crippen LogP contribution in [0.4, 0.5) is 5.69 Å². The molecule has 1 amide bonds. The Morgan fingerprint density at radius 2 is 2.23 bits per heavy atom. The van der Waals surface area contributed by atoms with E-state index >= 15 is 0 Å². The standard InChI is InChI=1S/C16H16N4OS/c1-3-19-10-12(9-17-19)8-14-15(21)20(16(22)18-14)13-6-4-5-11(2)7-13/h4-10H,3H2,1-2H3,(H,18,22)/b14-8+. The number of thiocarbonyl (C=S) groups is 1. The lowest BCUT2D eigenvalue weighted by atomic mass is 10.2. The molecule has 3 rings (SSSR count). The molecule has 0 bridgehead atoms. The van der Waals surface area contributed by atoms with E-state index in [2.05, 4.69) is 10.4 Å². The molecule has 2 heterocycles. The number of nitrogens with one attached hydrogen (secondary N) is 1. The number of benzene rings is 1. The maximum absolute atomic E-state index is 12.6. The summed E-state index contributed by atoms with van der Waals surface area (Å²) in [4.78, 5) is 14.1. The number of aryl methyl sites for hydroxylation is 2. The molecule has 0 unspecified atom stereocenters. The minimum atomic E-state index is -0.153. The van der Waals surface area contributed by atoms with E-state index in [1.165, 1.54) is 4.90 Å². The van der Waals surface area contributed by atoms with Gasteiger partial charge < -0.3 is 5.32 Å². The highest BCUT2D eigenvalue weighted by atomic mass is 32.1. The molecule has 1 aromatic carbocycles. The number of carbonyl (C=O) groups excluding carboxylic acids is 1. The van der Waals surface area contributed by atoms with Gasteiger partial charge in [0, 0.05) is 18.3 Å². The summed E-state index contributed by atoms with van der Waals surface area (Å²) in [6.07, 6.45) is 5.38. The van der Waals surface area contributed by atoms with E-state index in [0.29, 0.717) is 10.8 Å². The summed E-state index contributed by atoms with van der Waals surface area (Å²) in [6, 6.07) is 7.70. The Bertz CT molecular complexity index is 778. The lowest BCUT2D eigenvalue weighted by molar-refractivity contribution is -0.113. The smallest absolute Gasteiger partial charge is 0.281 e.